The number of furan rings is 1. The Kier molecular flexibility index (Phi) is 7.71. The molecule has 33 heavy (non-hydrogen) atoms. The molecule has 0 unspecified atom stereocenters. The van der Waals surface area contributed by atoms with E-state index >= 15 is 0 Å². The van der Waals surface area contributed by atoms with Crippen molar-refractivity contribution in [3.63, 3.8) is 0 Å². The summed E-state index contributed by atoms with van der Waals surface area (Å²) in [5.74, 6) is -0.805. The van der Waals surface area contributed by atoms with Crippen molar-refractivity contribution in [2.24, 2.45) is 0 Å². The van der Waals surface area contributed by atoms with Crippen LogP contribution in [0.1, 0.15) is 54.2 Å². The number of hydrogen-bond donors (Lipinski definition) is 2. The van der Waals surface area contributed by atoms with Gasteiger partial charge in [0.1, 0.15) is 5.76 Å². The van der Waals surface area contributed by atoms with Gasteiger partial charge in [0, 0.05) is 11.2 Å². The molecule has 0 aliphatic rings. The molecule has 2 heterocycles. The van der Waals surface area contributed by atoms with Gasteiger partial charge in [-0.15, -0.1) is 11.3 Å². The molecule has 3 rings (SSSR count). The average Bonchev–Trinajstić information content (AvgIpc) is 3.49. The first-order chi connectivity index (χ1) is 15.7. The number of amides is 3. The van der Waals surface area contributed by atoms with Gasteiger partial charge in [0.05, 0.1) is 17.7 Å². The van der Waals surface area contributed by atoms with Crippen molar-refractivity contribution in [3.05, 3.63) is 76.4 Å². The Morgan fingerprint density at radius 3 is 2.52 bits per heavy atom. The lowest BCUT2D eigenvalue weighted by Crippen LogP contribution is -2.52. The van der Waals surface area contributed by atoms with Crippen LogP contribution >= 0.6 is 11.3 Å². The molecule has 0 radical (unpaired) electrons. The number of rotatable bonds is 9. The van der Waals surface area contributed by atoms with Gasteiger partial charge in [-0.05, 0) is 68.5 Å². The van der Waals surface area contributed by atoms with Gasteiger partial charge in [0.15, 0.2) is 6.04 Å². The standard InChI is InChI=1S/C25H29N3O4S/c1-5-25(3,4)27-24(31)22(19-11-7-13-32-19)28(18-10-6-9-17(2)15-18)21(29)16-26-23(30)20-12-8-14-33-20/h6-15,22H,5,16H2,1-4H3,(H,26,30)(H,27,31)/t22-/m0/s1. The molecule has 7 nitrogen and oxygen atoms in total. The third kappa shape index (κ3) is 6.10. The summed E-state index contributed by atoms with van der Waals surface area (Å²) in [6, 6.07) is 13.1. The second kappa shape index (κ2) is 10.5. The molecule has 3 amide bonds. The highest BCUT2D eigenvalue weighted by Crippen LogP contribution is 2.30. The van der Waals surface area contributed by atoms with E-state index in [2.05, 4.69) is 10.6 Å². The molecule has 0 fully saturated rings. The number of carbonyl (C=O) groups excluding carboxylic acids is 3. The lowest BCUT2D eigenvalue weighted by Gasteiger charge is -2.33. The predicted octanol–water partition coefficient (Wildman–Crippen LogP) is 4.46. The minimum absolute atomic E-state index is 0.271. The molecular formula is C25H29N3O4S. The summed E-state index contributed by atoms with van der Waals surface area (Å²) in [4.78, 5) is 41.3. The van der Waals surface area contributed by atoms with Crippen LogP contribution in [0.25, 0.3) is 0 Å². The summed E-state index contributed by atoms with van der Waals surface area (Å²) in [5, 5.41) is 7.48. The Labute approximate surface area is 197 Å². The van der Waals surface area contributed by atoms with Crippen LogP contribution in [0.4, 0.5) is 5.69 Å². The first-order valence-electron chi connectivity index (χ1n) is 10.8. The molecule has 1 atom stereocenters. The van der Waals surface area contributed by atoms with Gasteiger partial charge in [-0.2, -0.15) is 0 Å². The van der Waals surface area contributed by atoms with Gasteiger partial charge < -0.3 is 15.1 Å². The average molecular weight is 468 g/mol. The van der Waals surface area contributed by atoms with Crippen LogP contribution in [0, 0.1) is 6.92 Å². The van der Waals surface area contributed by atoms with Crippen molar-refractivity contribution in [3.8, 4) is 0 Å². The molecule has 1 aromatic carbocycles. The molecule has 0 spiro atoms. The molecule has 0 aliphatic carbocycles. The molecule has 174 valence electrons. The minimum atomic E-state index is -1.04. The molecule has 0 aliphatic heterocycles. The van der Waals surface area contributed by atoms with Crippen molar-refractivity contribution in [1.82, 2.24) is 10.6 Å². The minimum Gasteiger partial charge on any atom is -0.467 e. The molecule has 0 saturated heterocycles. The van der Waals surface area contributed by atoms with Crippen molar-refractivity contribution in [2.45, 2.75) is 45.7 Å². The van der Waals surface area contributed by atoms with E-state index in [0.717, 1.165) is 5.56 Å². The molecule has 0 saturated carbocycles. The fraction of sp³-hybridized carbons (Fsp3) is 0.320. The van der Waals surface area contributed by atoms with Crippen molar-refractivity contribution in [1.29, 1.82) is 0 Å². The number of nitrogens with one attached hydrogen (secondary N) is 2. The lowest BCUT2D eigenvalue weighted by molar-refractivity contribution is -0.128. The molecule has 0 bridgehead atoms. The monoisotopic (exact) mass is 467 g/mol. The lowest BCUT2D eigenvalue weighted by atomic mass is 10.0. The van der Waals surface area contributed by atoms with E-state index in [1.54, 1.807) is 35.7 Å². The van der Waals surface area contributed by atoms with Crippen LogP contribution < -0.4 is 15.5 Å². The third-order valence-electron chi connectivity index (χ3n) is 5.36. The number of benzene rings is 1. The number of aryl methyl sites for hydroxylation is 1. The van der Waals surface area contributed by atoms with E-state index in [-0.39, 0.29) is 18.4 Å². The van der Waals surface area contributed by atoms with Gasteiger partial charge in [-0.1, -0.05) is 25.1 Å². The van der Waals surface area contributed by atoms with Crippen LogP contribution in [0.5, 0.6) is 0 Å². The van der Waals surface area contributed by atoms with Gasteiger partial charge in [0.25, 0.3) is 11.8 Å². The predicted molar refractivity (Wildman–Crippen MR) is 129 cm³/mol. The number of hydrogen-bond acceptors (Lipinski definition) is 5. The summed E-state index contributed by atoms with van der Waals surface area (Å²) in [5.41, 5.74) is 0.994. The summed E-state index contributed by atoms with van der Waals surface area (Å²) in [7, 11) is 0. The van der Waals surface area contributed by atoms with Crippen LogP contribution in [0.2, 0.25) is 0 Å². The Morgan fingerprint density at radius 1 is 1.12 bits per heavy atom. The van der Waals surface area contributed by atoms with E-state index in [1.165, 1.54) is 22.5 Å². The normalized spacial score (nSPS) is 12.1. The van der Waals surface area contributed by atoms with Gasteiger partial charge in [-0.25, -0.2) is 0 Å². The Morgan fingerprint density at radius 2 is 1.91 bits per heavy atom. The smallest absolute Gasteiger partial charge is 0.261 e. The summed E-state index contributed by atoms with van der Waals surface area (Å²) in [6.45, 7) is 7.46. The zero-order valence-electron chi connectivity index (χ0n) is 19.3. The first-order valence-corrected chi connectivity index (χ1v) is 11.7. The van der Waals surface area contributed by atoms with Gasteiger partial charge in [-0.3, -0.25) is 19.3 Å². The van der Waals surface area contributed by atoms with Gasteiger partial charge in [0.2, 0.25) is 5.91 Å². The third-order valence-corrected chi connectivity index (χ3v) is 6.23. The second-order valence-corrected chi connectivity index (χ2v) is 9.36. The van der Waals surface area contributed by atoms with Crippen LogP contribution in [0.3, 0.4) is 0 Å². The van der Waals surface area contributed by atoms with E-state index in [9.17, 15) is 14.4 Å². The van der Waals surface area contributed by atoms with Crippen LogP contribution in [0.15, 0.2) is 64.6 Å². The number of thiophene rings is 1. The van der Waals surface area contributed by atoms with Crippen LogP contribution in [-0.4, -0.2) is 29.8 Å². The van der Waals surface area contributed by atoms with E-state index in [1.807, 2.05) is 45.9 Å². The maximum absolute atomic E-state index is 13.5. The highest BCUT2D eigenvalue weighted by molar-refractivity contribution is 7.12. The van der Waals surface area contributed by atoms with Crippen molar-refractivity contribution >= 4 is 34.7 Å². The number of nitrogens with zero attached hydrogens (tertiary/aromatic N) is 1. The molecule has 2 N–H and O–H groups in total. The maximum atomic E-state index is 13.5. The zero-order valence-corrected chi connectivity index (χ0v) is 20.1. The van der Waals surface area contributed by atoms with Gasteiger partial charge >= 0.3 is 0 Å². The second-order valence-electron chi connectivity index (χ2n) is 8.41. The largest absolute Gasteiger partial charge is 0.467 e. The Hall–Kier alpha value is -3.39. The molecular weight excluding hydrogens is 438 g/mol. The summed E-state index contributed by atoms with van der Waals surface area (Å²) >= 11 is 1.29. The van der Waals surface area contributed by atoms with E-state index in [4.69, 9.17) is 4.42 Å². The van der Waals surface area contributed by atoms with E-state index < -0.39 is 17.5 Å². The molecule has 3 aromatic rings. The Bertz CT molecular complexity index is 1090. The fourth-order valence-corrected chi connectivity index (χ4v) is 3.90. The zero-order chi connectivity index (χ0) is 24.0. The first kappa shape index (κ1) is 24.3. The SMILES string of the molecule is CCC(C)(C)NC(=O)[C@H](c1ccco1)N(C(=O)CNC(=O)c1cccs1)c1cccc(C)c1. The number of anilines is 1. The fourth-order valence-electron chi connectivity index (χ4n) is 3.26. The van der Waals surface area contributed by atoms with Crippen molar-refractivity contribution < 1.29 is 18.8 Å². The topological polar surface area (TPSA) is 91.7 Å². The highest BCUT2D eigenvalue weighted by atomic mass is 32.1. The van der Waals surface area contributed by atoms with E-state index in [0.29, 0.717) is 22.7 Å². The highest BCUT2D eigenvalue weighted by Gasteiger charge is 2.36. The Balaban J connectivity index is 1.97. The van der Waals surface area contributed by atoms with Crippen LogP contribution in [-0.2, 0) is 9.59 Å². The quantitative estimate of drug-likeness (QED) is 0.486. The maximum Gasteiger partial charge on any atom is 0.261 e. The van der Waals surface area contributed by atoms with Crippen molar-refractivity contribution in [2.75, 3.05) is 11.4 Å². The molecule has 2 aromatic heterocycles. The summed E-state index contributed by atoms with van der Waals surface area (Å²) in [6.07, 6.45) is 2.18. The summed E-state index contributed by atoms with van der Waals surface area (Å²) < 4.78 is 5.59. The molecule has 8 heteroatoms. The number of carbonyl (C=O) groups is 3.